The number of halogens is 1. The molecule has 0 aliphatic heterocycles. The van der Waals surface area contributed by atoms with Gasteiger partial charge in [0.05, 0.1) is 0 Å². The largest absolute Gasteiger partial charge is 0.396 e. The monoisotopic (exact) mass is 268 g/mol. The lowest BCUT2D eigenvalue weighted by Gasteiger charge is -2.07. The molecule has 3 nitrogen and oxygen atoms in total. The van der Waals surface area contributed by atoms with Crippen molar-refractivity contribution in [2.75, 3.05) is 12.4 Å². The summed E-state index contributed by atoms with van der Waals surface area (Å²) in [5, 5.41) is 10.4. The summed E-state index contributed by atoms with van der Waals surface area (Å²) >= 11 is 7.60. The van der Waals surface area contributed by atoms with Crippen molar-refractivity contribution in [1.29, 1.82) is 0 Å². The molecule has 1 heterocycles. The Morgan fingerprint density at radius 3 is 3.06 bits per heavy atom. The Morgan fingerprint density at radius 1 is 1.41 bits per heavy atom. The van der Waals surface area contributed by atoms with Crippen molar-refractivity contribution in [1.82, 2.24) is 9.55 Å². The molecule has 5 heteroatoms. The van der Waals surface area contributed by atoms with E-state index in [9.17, 15) is 0 Å². The molecule has 1 aromatic carbocycles. The van der Waals surface area contributed by atoms with Crippen LogP contribution in [0.5, 0.6) is 0 Å². The molecule has 0 radical (unpaired) electrons. The topological polar surface area (TPSA) is 38.1 Å². The van der Waals surface area contributed by atoms with E-state index >= 15 is 0 Å². The Morgan fingerprint density at radius 2 is 2.29 bits per heavy atom. The molecule has 2 aromatic rings. The van der Waals surface area contributed by atoms with Crippen LogP contribution in [-0.2, 0) is 0 Å². The highest BCUT2D eigenvalue weighted by Gasteiger charge is 2.05. The minimum Gasteiger partial charge on any atom is -0.396 e. The van der Waals surface area contributed by atoms with Crippen molar-refractivity contribution in [3.05, 3.63) is 41.7 Å². The number of aromatic nitrogens is 2. The van der Waals surface area contributed by atoms with Gasteiger partial charge in [0.2, 0.25) is 0 Å². The summed E-state index contributed by atoms with van der Waals surface area (Å²) in [5.41, 5.74) is 1.00. The fourth-order valence-electron chi connectivity index (χ4n) is 1.45. The number of benzene rings is 1. The lowest BCUT2D eigenvalue weighted by atomic mass is 10.3. The van der Waals surface area contributed by atoms with Gasteiger partial charge in [-0.1, -0.05) is 29.4 Å². The highest BCUT2D eigenvalue weighted by Crippen LogP contribution is 2.22. The maximum Gasteiger partial charge on any atom is 0.172 e. The van der Waals surface area contributed by atoms with E-state index in [0.29, 0.717) is 5.02 Å². The zero-order valence-electron chi connectivity index (χ0n) is 9.21. The van der Waals surface area contributed by atoms with E-state index in [4.69, 9.17) is 16.7 Å². The van der Waals surface area contributed by atoms with Gasteiger partial charge in [-0.25, -0.2) is 4.98 Å². The number of nitrogens with zero attached hydrogens (tertiary/aromatic N) is 2. The van der Waals surface area contributed by atoms with Gasteiger partial charge in [-0.2, -0.15) is 0 Å². The minimum atomic E-state index is 0.213. The van der Waals surface area contributed by atoms with Gasteiger partial charge in [-0.05, 0) is 24.6 Å². The molecule has 17 heavy (non-hydrogen) atoms. The van der Waals surface area contributed by atoms with E-state index in [0.717, 1.165) is 23.0 Å². The van der Waals surface area contributed by atoms with Crippen LogP contribution in [0.3, 0.4) is 0 Å². The van der Waals surface area contributed by atoms with Crippen LogP contribution < -0.4 is 0 Å². The summed E-state index contributed by atoms with van der Waals surface area (Å²) in [6.07, 6.45) is 4.45. The molecule has 1 aromatic heterocycles. The number of thioether (sulfide) groups is 1. The van der Waals surface area contributed by atoms with Crippen LogP contribution in [0.15, 0.2) is 41.8 Å². The lowest BCUT2D eigenvalue weighted by molar-refractivity contribution is 0.296. The van der Waals surface area contributed by atoms with E-state index in [2.05, 4.69) is 4.98 Å². The molecule has 0 fully saturated rings. The molecule has 0 amide bonds. The van der Waals surface area contributed by atoms with Gasteiger partial charge in [-0.3, -0.25) is 4.57 Å². The maximum absolute atomic E-state index is 8.76. The third-order valence-corrected chi connectivity index (χ3v) is 3.51. The normalized spacial score (nSPS) is 10.7. The molecule has 0 aliphatic carbocycles. The van der Waals surface area contributed by atoms with E-state index in [1.165, 1.54) is 0 Å². The van der Waals surface area contributed by atoms with Crippen molar-refractivity contribution in [2.24, 2.45) is 0 Å². The predicted molar refractivity (Wildman–Crippen MR) is 71.0 cm³/mol. The molecule has 0 aliphatic rings. The van der Waals surface area contributed by atoms with Crippen LogP contribution in [0.1, 0.15) is 6.42 Å². The predicted octanol–water partition coefficient (Wildman–Crippen LogP) is 3.00. The van der Waals surface area contributed by atoms with Crippen LogP contribution in [0.2, 0.25) is 5.02 Å². The van der Waals surface area contributed by atoms with E-state index < -0.39 is 0 Å². The smallest absolute Gasteiger partial charge is 0.172 e. The van der Waals surface area contributed by atoms with Crippen molar-refractivity contribution in [2.45, 2.75) is 11.6 Å². The van der Waals surface area contributed by atoms with Gasteiger partial charge in [0.15, 0.2) is 5.16 Å². The van der Waals surface area contributed by atoms with Crippen molar-refractivity contribution < 1.29 is 5.11 Å². The van der Waals surface area contributed by atoms with Crippen molar-refractivity contribution >= 4 is 23.4 Å². The molecule has 0 saturated carbocycles. The Balaban J connectivity index is 2.18. The quantitative estimate of drug-likeness (QED) is 0.669. The van der Waals surface area contributed by atoms with Crippen LogP contribution >= 0.6 is 23.4 Å². The number of hydrogen-bond acceptors (Lipinski definition) is 3. The number of aliphatic hydroxyl groups is 1. The van der Waals surface area contributed by atoms with Crippen LogP contribution in [0.4, 0.5) is 0 Å². The van der Waals surface area contributed by atoms with Crippen molar-refractivity contribution in [3.63, 3.8) is 0 Å². The lowest BCUT2D eigenvalue weighted by Crippen LogP contribution is -1.96. The zero-order chi connectivity index (χ0) is 12.1. The Kier molecular flexibility index (Phi) is 4.48. The molecule has 0 bridgehead atoms. The molecule has 0 unspecified atom stereocenters. The molecule has 90 valence electrons. The van der Waals surface area contributed by atoms with Gasteiger partial charge in [0.25, 0.3) is 0 Å². The first-order valence-electron chi connectivity index (χ1n) is 5.34. The van der Waals surface area contributed by atoms with E-state index in [1.54, 1.807) is 18.0 Å². The fraction of sp³-hybridized carbons (Fsp3) is 0.250. The summed E-state index contributed by atoms with van der Waals surface area (Å²) in [5.74, 6) is 0.855. The molecule has 0 spiro atoms. The Hall–Kier alpha value is -0.970. The zero-order valence-corrected chi connectivity index (χ0v) is 10.8. The first kappa shape index (κ1) is 12.5. The second kappa shape index (κ2) is 6.10. The molecule has 0 atom stereocenters. The molecule has 0 saturated heterocycles. The Bertz CT molecular complexity index is 487. The van der Waals surface area contributed by atoms with Gasteiger partial charge >= 0.3 is 0 Å². The highest BCUT2D eigenvalue weighted by atomic mass is 35.5. The molecule has 1 N–H and O–H groups in total. The first-order chi connectivity index (χ1) is 8.31. The molecule has 2 rings (SSSR count). The number of rotatable bonds is 5. The number of hydrogen-bond donors (Lipinski definition) is 1. The number of aliphatic hydroxyl groups excluding tert-OH is 1. The SMILES string of the molecule is OCCCSc1nccn1-c1cccc(Cl)c1. The third-order valence-electron chi connectivity index (χ3n) is 2.23. The summed E-state index contributed by atoms with van der Waals surface area (Å²) in [4.78, 5) is 4.30. The summed E-state index contributed by atoms with van der Waals surface area (Å²) in [6.45, 7) is 0.213. The van der Waals surface area contributed by atoms with Gasteiger partial charge in [-0.15, -0.1) is 0 Å². The second-order valence-corrected chi connectivity index (χ2v) is 4.98. The maximum atomic E-state index is 8.76. The first-order valence-corrected chi connectivity index (χ1v) is 6.70. The van der Waals surface area contributed by atoms with Gasteiger partial charge < -0.3 is 5.11 Å². The number of imidazole rings is 1. The standard InChI is InChI=1S/C12H13ClN2OS/c13-10-3-1-4-11(9-10)15-6-5-14-12(15)17-8-2-7-16/h1,3-6,9,16H,2,7-8H2. The minimum absolute atomic E-state index is 0.213. The van der Waals surface area contributed by atoms with E-state index in [-0.39, 0.29) is 6.61 Å². The highest BCUT2D eigenvalue weighted by molar-refractivity contribution is 7.99. The summed E-state index contributed by atoms with van der Waals surface area (Å²) in [6, 6.07) is 7.66. The van der Waals surface area contributed by atoms with Crippen LogP contribution in [0, 0.1) is 0 Å². The average molecular weight is 269 g/mol. The molecular weight excluding hydrogens is 256 g/mol. The van der Waals surface area contributed by atoms with Crippen LogP contribution in [-0.4, -0.2) is 27.0 Å². The van der Waals surface area contributed by atoms with Gasteiger partial charge in [0.1, 0.15) is 0 Å². The average Bonchev–Trinajstić information content (AvgIpc) is 2.78. The Labute approximate surface area is 109 Å². The summed E-state index contributed by atoms with van der Waals surface area (Å²) in [7, 11) is 0. The third kappa shape index (κ3) is 3.25. The second-order valence-electron chi connectivity index (χ2n) is 3.49. The summed E-state index contributed by atoms with van der Waals surface area (Å²) < 4.78 is 1.99. The van der Waals surface area contributed by atoms with Gasteiger partial charge in [0, 0.05) is 35.5 Å². The van der Waals surface area contributed by atoms with Crippen LogP contribution in [0.25, 0.3) is 5.69 Å². The van der Waals surface area contributed by atoms with Crippen molar-refractivity contribution in [3.8, 4) is 5.69 Å². The fourth-order valence-corrected chi connectivity index (χ4v) is 2.53. The van der Waals surface area contributed by atoms with E-state index in [1.807, 2.05) is 35.0 Å². The molecular formula is C12H13ClN2OS.